The minimum atomic E-state index is 0.0342. The summed E-state index contributed by atoms with van der Waals surface area (Å²) in [5.41, 5.74) is 1.68. The standard InChI is InChI=1S/C16H16N2O3/c1-20-15-5-2-12(16(19)10-15)11-18-13-3-6-14(7-4-13)21-9-8-17/h2-7,10,18-19H,9,11H2,1H3. The van der Waals surface area contributed by atoms with Crippen molar-refractivity contribution in [3.8, 4) is 23.3 Å². The van der Waals surface area contributed by atoms with Crippen LogP contribution in [0.15, 0.2) is 42.5 Å². The van der Waals surface area contributed by atoms with E-state index in [2.05, 4.69) is 5.32 Å². The molecule has 2 rings (SSSR count). The SMILES string of the molecule is COc1ccc(CNc2ccc(OCC#N)cc2)c(O)c1. The summed E-state index contributed by atoms with van der Waals surface area (Å²) in [4.78, 5) is 0. The maximum Gasteiger partial charge on any atom is 0.174 e. The van der Waals surface area contributed by atoms with Crippen LogP contribution in [0.1, 0.15) is 5.56 Å². The summed E-state index contributed by atoms with van der Waals surface area (Å²) >= 11 is 0. The molecule has 0 unspecified atom stereocenters. The van der Waals surface area contributed by atoms with Crippen molar-refractivity contribution in [1.82, 2.24) is 0 Å². The number of hydrogen-bond acceptors (Lipinski definition) is 5. The van der Waals surface area contributed by atoms with E-state index >= 15 is 0 Å². The third kappa shape index (κ3) is 4.05. The summed E-state index contributed by atoms with van der Waals surface area (Å²) in [6.07, 6.45) is 0. The van der Waals surface area contributed by atoms with Gasteiger partial charge in [-0.1, -0.05) is 0 Å². The highest BCUT2D eigenvalue weighted by Gasteiger charge is 2.03. The van der Waals surface area contributed by atoms with Crippen LogP contribution in [0.5, 0.6) is 17.2 Å². The Morgan fingerprint density at radius 3 is 2.48 bits per heavy atom. The fourth-order valence-corrected chi connectivity index (χ4v) is 1.80. The van der Waals surface area contributed by atoms with E-state index in [-0.39, 0.29) is 12.4 Å². The number of benzene rings is 2. The smallest absolute Gasteiger partial charge is 0.174 e. The van der Waals surface area contributed by atoms with E-state index in [9.17, 15) is 5.11 Å². The van der Waals surface area contributed by atoms with Crippen LogP contribution in [-0.4, -0.2) is 18.8 Å². The van der Waals surface area contributed by atoms with Crippen LogP contribution in [0, 0.1) is 11.3 Å². The van der Waals surface area contributed by atoms with Crippen molar-refractivity contribution < 1.29 is 14.6 Å². The molecule has 0 bridgehead atoms. The molecule has 0 aliphatic heterocycles. The first kappa shape index (κ1) is 14.5. The van der Waals surface area contributed by atoms with Gasteiger partial charge in [-0.15, -0.1) is 0 Å². The molecule has 108 valence electrons. The van der Waals surface area contributed by atoms with Crippen molar-refractivity contribution in [2.75, 3.05) is 19.0 Å². The largest absolute Gasteiger partial charge is 0.507 e. The van der Waals surface area contributed by atoms with Gasteiger partial charge in [-0.2, -0.15) is 5.26 Å². The Balaban J connectivity index is 1.95. The number of rotatable bonds is 6. The molecule has 0 aliphatic rings. The molecule has 0 heterocycles. The molecule has 0 atom stereocenters. The number of methoxy groups -OCH3 is 1. The van der Waals surface area contributed by atoms with Gasteiger partial charge in [0.2, 0.25) is 0 Å². The quantitative estimate of drug-likeness (QED) is 0.853. The zero-order valence-corrected chi connectivity index (χ0v) is 11.7. The van der Waals surface area contributed by atoms with Crippen molar-refractivity contribution in [1.29, 1.82) is 5.26 Å². The Labute approximate surface area is 123 Å². The minimum Gasteiger partial charge on any atom is -0.507 e. The van der Waals surface area contributed by atoms with Gasteiger partial charge in [-0.3, -0.25) is 0 Å². The molecule has 0 fully saturated rings. The normalized spacial score (nSPS) is 9.71. The number of nitrogens with one attached hydrogen (secondary N) is 1. The van der Waals surface area contributed by atoms with Gasteiger partial charge >= 0.3 is 0 Å². The first-order valence-corrected chi connectivity index (χ1v) is 6.42. The highest BCUT2D eigenvalue weighted by molar-refractivity contribution is 5.48. The number of phenols is 1. The van der Waals surface area contributed by atoms with Gasteiger partial charge in [0.1, 0.15) is 23.3 Å². The Morgan fingerprint density at radius 2 is 1.86 bits per heavy atom. The van der Waals surface area contributed by atoms with Crippen LogP contribution in [0.4, 0.5) is 5.69 Å². The predicted octanol–water partition coefficient (Wildman–Crippen LogP) is 2.92. The molecule has 5 nitrogen and oxygen atoms in total. The maximum absolute atomic E-state index is 9.87. The second-order valence-corrected chi connectivity index (χ2v) is 4.32. The van der Waals surface area contributed by atoms with Gasteiger partial charge in [0.25, 0.3) is 0 Å². The lowest BCUT2D eigenvalue weighted by Crippen LogP contribution is -2.00. The summed E-state index contributed by atoms with van der Waals surface area (Å²) in [6, 6.07) is 14.4. The monoisotopic (exact) mass is 284 g/mol. The zero-order chi connectivity index (χ0) is 15.1. The Bertz CT molecular complexity index is 633. The molecule has 0 aliphatic carbocycles. The summed E-state index contributed by atoms with van der Waals surface area (Å²) in [6.45, 7) is 0.528. The number of nitriles is 1. The fraction of sp³-hybridized carbons (Fsp3) is 0.188. The van der Waals surface area contributed by atoms with Crippen LogP contribution in [0.2, 0.25) is 0 Å². The van der Waals surface area contributed by atoms with Crippen molar-refractivity contribution in [3.63, 3.8) is 0 Å². The van der Waals surface area contributed by atoms with Gasteiger partial charge in [-0.05, 0) is 36.4 Å². The van der Waals surface area contributed by atoms with Gasteiger partial charge in [0.05, 0.1) is 7.11 Å². The molecule has 0 spiro atoms. The number of phenolic OH excluding ortho intramolecular Hbond substituents is 1. The number of nitrogens with zero attached hydrogens (tertiary/aromatic N) is 1. The van der Waals surface area contributed by atoms with Crippen LogP contribution in [0.3, 0.4) is 0 Å². The molecule has 0 radical (unpaired) electrons. The van der Waals surface area contributed by atoms with Crippen molar-refractivity contribution in [3.05, 3.63) is 48.0 Å². The van der Waals surface area contributed by atoms with E-state index < -0.39 is 0 Å². The van der Waals surface area contributed by atoms with Gasteiger partial charge < -0.3 is 19.9 Å². The molecule has 2 aromatic carbocycles. The first-order valence-electron chi connectivity index (χ1n) is 6.42. The van der Waals surface area contributed by atoms with E-state index in [4.69, 9.17) is 14.7 Å². The van der Waals surface area contributed by atoms with Crippen molar-refractivity contribution >= 4 is 5.69 Å². The average molecular weight is 284 g/mol. The van der Waals surface area contributed by atoms with E-state index in [1.807, 2.05) is 24.3 Å². The molecule has 0 amide bonds. The first-order chi connectivity index (χ1) is 10.2. The third-order valence-corrected chi connectivity index (χ3v) is 2.93. The lowest BCUT2D eigenvalue weighted by Gasteiger charge is -2.10. The molecule has 2 aromatic rings. The molecule has 0 saturated heterocycles. The van der Waals surface area contributed by atoms with Gasteiger partial charge in [0, 0.05) is 23.9 Å². The van der Waals surface area contributed by atoms with Gasteiger partial charge in [0.15, 0.2) is 6.61 Å². The number of ether oxygens (including phenoxy) is 2. The maximum atomic E-state index is 9.87. The summed E-state index contributed by atoms with van der Waals surface area (Å²) < 4.78 is 10.2. The summed E-state index contributed by atoms with van der Waals surface area (Å²) in [7, 11) is 1.56. The Kier molecular flexibility index (Phi) is 4.89. The highest BCUT2D eigenvalue weighted by atomic mass is 16.5. The third-order valence-electron chi connectivity index (χ3n) is 2.93. The Hall–Kier alpha value is -2.87. The molecule has 5 heteroatoms. The predicted molar refractivity (Wildman–Crippen MR) is 79.5 cm³/mol. The molecule has 21 heavy (non-hydrogen) atoms. The second-order valence-electron chi connectivity index (χ2n) is 4.32. The van der Waals surface area contributed by atoms with Crippen LogP contribution in [0.25, 0.3) is 0 Å². The van der Waals surface area contributed by atoms with Crippen LogP contribution in [-0.2, 0) is 6.54 Å². The summed E-state index contributed by atoms with van der Waals surface area (Å²) in [5, 5.41) is 21.5. The van der Waals surface area contributed by atoms with E-state index in [0.717, 1.165) is 11.3 Å². The molecule has 0 aromatic heterocycles. The highest BCUT2D eigenvalue weighted by Crippen LogP contribution is 2.24. The lowest BCUT2D eigenvalue weighted by atomic mass is 10.2. The van der Waals surface area contributed by atoms with Crippen LogP contribution >= 0.6 is 0 Å². The number of aromatic hydroxyl groups is 1. The minimum absolute atomic E-state index is 0.0342. The molecule has 2 N–H and O–H groups in total. The molecular weight excluding hydrogens is 268 g/mol. The van der Waals surface area contributed by atoms with E-state index in [1.54, 1.807) is 31.4 Å². The number of anilines is 1. The average Bonchev–Trinajstić information content (AvgIpc) is 2.52. The molecular formula is C16H16N2O3. The van der Waals surface area contributed by atoms with E-state index in [1.165, 1.54) is 0 Å². The fourth-order valence-electron chi connectivity index (χ4n) is 1.80. The van der Waals surface area contributed by atoms with Gasteiger partial charge in [-0.25, -0.2) is 0 Å². The van der Waals surface area contributed by atoms with E-state index in [0.29, 0.717) is 18.0 Å². The molecule has 0 saturated carbocycles. The van der Waals surface area contributed by atoms with Crippen molar-refractivity contribution in [2.24, 2.45) is 0 Å². The number of hydrogen-bond donors (Lipinski definition) is 2. The van der Waals surface area contributed by atoms with Crippen LogP contribution < -0.4 is 14.8 Å². The topological polar surface area (TPSA) is 74.5 Å². The second kappa shape index (κ2) is 7.06. The zero-order valence-electron chi connectivity index (χ0n) is 11.7. The lowest BCUT2D eigenvalue weighted by molar-refractivity contribution is 0.368. The van der Waals surface area contributed by atoms with Crippen molar-refractivity contribution in [2.45, 2.75) is 6.54 Å². The summed E-state index contributed by atoms with van der Waals surface area (Å²) in [5.74, 6) is 1.46. The Morgan fingerprint density at radius 1 is 1.14 bits per heavy atom.